The normalized spacial score (nSPS) is 23.0. The molecule has 17 heavy (non-hydrogen) atoms. The van der Waals surface area contributed by atoms with Crippen LogP contribution in [0.3, 0.4) is 0 Å². The van der Waals surface area contributed by atoms with Crippen molar-refractivity contribution in [2.75, 3.05) is 0 Å². The maximum atomic E-state index is 13.1. The van der Waals surface area contributed by atoms with Gasteiger partial charge in [-0.05, 0) is 43.9 Å². The van der Waals surface area contributed by atoms with Crippen LogP contribution >= 0.6 is 0 Å². The van der Waals surface area contributed by atoms with Crippen LogP contribution in [0.25, 0.3) is 0 Å². The average molecular weight is 240 g/mol. The van der Waals surface area contributed by atoms with E-state index in [-0.39, 0.29) is 24.9 Å². The molecule has 94 valence electrons. The lowest BCUT2D eigenvalue weighted by molar-refractivity contribution is 0.00777. The lowest BCUT2D eigenvalue weighted by Crippen LogP contribution is -2.09. The summed E-state index contributed by atoms with van der Waals surface area (Å²) in [4.78, 5) is 0. The molecule has 1 aliphatic rings. The fourth-order valence-electron chi connectivity index (χ4n) is 2.33. The monoisotopic (exact) mass is 240 g/mol. The Bertz CT molecular complexity index is 370. The molecule has 1 saturated carbocycles. The van der Waals surface area contributed by atoms with E-state index in [1.807, 2.05) is 38.1 Å². The maximum absolute atomic E-state index is 13.1. The third-order valence-electron chi connectivity index (χ3n) is 3.13. The zero-order chi connectivity index (χ0) is 12.5. The molecule has 0 radical (unpaired) electrons. The molecular formula is C14H18F2O. The SMILES string of the molecule is CC(C)Oc1ccc(C2CCC(F)(F)C2)cc1. The molecule has 1 fully saturated rings. The van der Waals surface area contributed by atoms with Crippen molar-refractivity contribution >= 4 is 0 Å². The minimum Gasteiger partial charge on any atom is -0.491 e. The van der Waals surface area contributed by atoms with E-state index in [4.69, 9.17) is 4.74 Å². The van der Waals surface area contributed by atoms with Gasteiger partial charge in [-0.2, -0.15) is 0 Å². The van der Waals surface area contributed by atoms with E-state index in [2.05, 4.69) is 0 Å². The van der Waals surface area contributed by atoms with Crippen molar-refractivity contribution in [2.45, 2.75) is 51.1 Å². The Kier molecular flexibility index (Phi) is 3.36. The van der Waals surface area contributed by atoms with Crippen molar-refractivity contribution in [2.24, 2.45) is 0 Å². The molecule has 3 heteroatoms. The summed E-state index contributed by atoms with van der Waals surface area (Å²) < 4.78 is 31.7. The van der Waals surface area contributed by atoms with Crippen molar-refractivity contribution in [1.82, 2.24) is 0 Å². The second kappa shape index (κ2) is 4.63. The Balaban J connectivity index is 2.03. The Morgan fingerprint density at radius 3 is 2.35 bits per heavy atom. The number of rotatable bonds is 3. The lowest BCUT2D eigenvalue weighted by atomic mass is 9.97. The van der Waals surface area contributed by atoms with E-state index in [0.717, 1.165) is 11.3 Å². The smallest absolute Gasteiger partial charge is 0.248 e. The fraction of sp³-hybridized carbons (Fsp3) is 0.571. The van der Waals surface area contributed by atoms with Gasteiger partial charge >= 0.3 is 0 Å². The lowest BCUT2D eigenvalue weighted by Gasteiger charge is -2.13. The second-order valence-electron chi connectivity index (χ2n) is 5.03. The number of halogens is 2. The molecule has 0 amide bonds. The molecule has 1 aromatic carbocycles. The summed E-state index contributed by atoms with van der Waals surface area (Å²) in [6, 6.07) is 7.55. The summed E-state index contributed by atoms with van der Waals surface area (Å²) in [5.74, 6) is -1.68. The first-order valence-electron chi connectivity index (χ1n) is 6.11. The third kappa shape index (κ3) is 3.18. The molecule has 1 atom stereocenters. The van der Waals surface area contributed by atoms with Crippen molar-refractivity contribution in [3.05, 3.63) is 29.8 Å². The first-order chi connectivity index (χ1) is 7.96. The molecular weight excluding hydrogens is 222 g/mol. The third-order valence-corrected chi connectivity index (χ3v) is 3.13. The summed E-state index contributed by atoms with van der Waals surface area (Å²) in [6.45, 7) is 3.93. The van der Waals surface area contributed by atoms with Gasteiger partial charge in [-0.25, -0.2) is 8.78 Å². The van der Waals surface area contributed by atoms with Gasteiger partial charge < -0.3 is 4.74 Å². The molecule has 2 rings (SSSR count). The molecule has 0 heterocycles. The van der Waals surface area contributed by atoms with Gasteiger partial charge in [0.15, 0.2) is 0 Å². The van der Waals surface area contributed by atoms with E-state index in [1.165, 1.54) is 0 Å². The molecule has 1 aliphatic carbocycles. The Hall–Kier alpha value is -1.12. The highest BCUT2D eigenvalue weighted by atomic mass is 19.3. The zero-order valence-corrected chi connectivity index (χ0v) is 10.2. The Morgan fingerprint density at radius 2 is 1.88 bits per heavy atom. The highest BCUT2D eigenvalue weighted by Crippen LogP contribution is 2.44. The first kappa shape index (κ1) is 12.3. The molecule has 1 nitrogen and oxygen atoms in total. The quantitative estimate of drug-likeness (QED) is 0.762. The first-order valence-corrected chi connectivity index (χ1v) is 6.11. The van der Waals surface area contributed by atoms with Crippen LogP contribution in [0.5, 0.6) is 5.75 Å². The van der Waals surface area contributed by atoms with E-state index < -0.39 is 5.92 Å². The molecule has 1 aromatic rings. The number of alkyl halides is 2. The summed E-state index contributed by atoms with van der Waals surface area (Å²) in [7, 11) is 0. The summed E-state index contributed by atoms with van der Waals surface area (Å²) in [5, 5.41) is 0. The largest absolute Gasteiger partial charge is 0.491 e. The summed E-state index contributed by atoms with van der Waals surface area (Å²) in [5.41, 5.74) is 0.998. The second-order valence-corrected chi connectivity index (χ2v) is 5.03. The Morgan fingerprint density at radius 1 is 1.24 bits per heavy atom. The van der Waals surface area contributed by atoms with Crippen LogP contribution in [0.2, 0.25) is 0 Å². The minimum atomic E-state index is -2.47. The van der Waals surface area contributed by atoms with Gasteiger partial charge in [-0.15, -0.1) is 0 Å². The summed E-state index contributed by atoms with van der Waals surface area (Å²) in [6.07, 6.45) is 0.716. The number of ether oxygens (including phenoxy) is 1. The number of hydrogen-bond donors (Lipinski definition) is 0. The Labute approximate surface area is 101 Å². The molecule has 0 spiro atoms. The van der Waals surface area contributed by atoms with Crippen molar-refractivity contribution in [1.29, 1.82) is 0 Å². The van der Waals surface area contributed by atoms with Crippen molar-refractivity contribution in [3.8, 4) is 5.75 Å². The molecule has 0 bridgehead atoms. The van der Waals surface area contributed by atoms with Crippen LogP contribution < -0.4 is 4.74 Å². The van der Waals surface area contributed by atoms with Crippen LogP contribution in [0.4, 0.5) is 8.78 Å². The van der Waals surface area contributed by atoms with Crippen LogP contribution in [0.15, 0.2) is 24.3 Å². The zero-order valence-electron chi connectivity index (χ0n) is 10.2. The van der Waals surface area contributed by atoms with Gasteiger partial charge in [-0.1, -0.05) is 12.1 Å². The van der Waals surface area contributed by atoms with E-state index in [0.29, 0.717) is 6.42 Å². The van der Waals surface area contributed by atoms with E-state index in [1.54, 1.807) is 0 Å². The van der Waals surface area contributed by atoms with E-state index in [9.17, 15) is 8.78 Å². The van der Waals surface area contributed by atoms with Crippen LogP contribution in [0.1, 0.15) is 44.6 Å². The standard InChI is InChI=1S/C14H18F2O/c1-10(2)17-13-5-3-11(4-6-13)12-7-8-14(15,16)9-12/h3-6,10,12H,7-9H2,1-2H3. The molecule has 0 saturated heterocycles. The highest BCUT2D eigenvalue weighted by Gasteiger charge is 2.39. The van der Waals surface area contributed by atoms with Crippen LogP contribution in [-0.2, 0) is 0 Å². The van der Waals surface area contributed by atoms with Gasteiger partial charge in [0, 0.05) is 12.8 Å². The van der Waals surface area contributed by atoms with Gasteiger partial charge in [0.25, 0.3) is 0 Å². The molecule has 0 aromatic heterocycles. The fourth-order valence-corrected chi connectivity index (χ4v) is 2.33. The average Bonchev–Trinajstić information content (AvgIpc) is 2.59. The summed E-state index contributed by atoms with van der Waals surface area (Å²) >= 11 is 0. The minimum absolute atomic E-state index is 0.00176. The van der Waals surface area contributed by atoms with E-state index >= 15 is 0 Å². The van der Waals surface area contributed by atoms with Gasteiger partial charge in [0.2, 0.25) is 5.92 Å². The van der Waals surface area contributed by atoms with Gasteiger partial charge in [-0.3, -0.25) is 0 Å². The number of hydrogen-bond acceptors (Lipinski definition) is 1. The predicted molar refractivity (Wildman–Crippen MR) is 63.7 cm³/mol. The van der Waals surface area contributed by atoms with Crippen LogP contribution in [-0.4, -0.2) is 12.0 Å². The topological polar surface area (TPSA) is 9.23 Å². The van der Waals surface area contributed by atoms with Gasteiger partial charge in [0.05, 0.1) is 6.10 Å². The number of benzene rings is 1. The highest BCUT2D eigenvalue weighted by molar-refractivity contribution is 5.30. The van der Waals surface area contributed by atoms with Crippen LogP contribution in [0, 0.1) is 0 Å². The molecule has 0 aliphatic heterocycles. The molecule has 0 N–H and O–H groups in total. The molecule has 1 unspecified atom stereocenters. The predicted octanol–water partition coefficient (Wildman–Crippen LogP) is 4.38. The maximum Gasteiger partial charge on any atom is 0.248 e. The van der Waals surface area contributed by atoms with Crippen molar-refractivity contribution < 1.29 is 13.5 Å². The van der Waals surface area contributed by atoms with Crippen molar-refractivity contribution in [3.63, 3.8) is 0 Å². The van der Waals surface area contributed by atoms with Gasteiger partial charge in [0.1, 0.15) is 5.75 Å².